The summed E-state index contributed by atoms with van der Waals surface area (Å²) in [6, 6.07) is 0. The summed E-state index contributed by atoms with van der Waals surface area (Å²) in [4.78, 5) is 0. The molecule has 1 rings (SSSR count). The van der Waals surface area contributed by atoms with Crippen LogP contribution in [0.15, 0.2) is 0 Å². The van der Waals surface area contributed by atoms with Gasteiger partial charge in [-0.25, -0.2) is 0 Å². The van der Waals surface area contributed by atoms with Gasteiger partial charge < -0.3 is 15.5 Å². The monoisotopic (exact) mass is 153 g/mol. The molecule has 0 bridgehead atoms. The van der Waals surface area contributed by atoms with Crippen molar-refractivity contribution in [2.45, 2.75) is 18.6 Å². The molecule has 3 N–H and O–H groups in total. The minimum atomic E-state index is -0.833. The van der Waals surface area contributed by atoms with Crippen LogP contribution in [-0.2, 0) is 0 Å². The molecule has 0 radical (unpaired) electrons. The molecule has 1 atom stereocenters. The third-order valence-corrected chi connectivity index (χ3v) is 1.64. The second-order valence-corrected chi connectivity index (χ2v) is 2.38. The zero-order valence-electron chi connectivity index (χ0n) is 5.29. The second-order valence-electron chi connectivity index (χ2n) is 2.38. The van der Waals surface area contributed by atoms with Crippen LogP contribution in [0.2, 0.25) is 0 Å². The summed E-state index contributed by atoms with van der Waals surface area (Å²) in [5.74, 6) is 0. The predicted molar refractivity (Wildman–Crippen MR) is 36.7 cm³/mol. The van der Waals surface area contributed by atoms with E-state index in [0.717, 1.165) is 0 Å². The number of aliphatic hydroxyl groups excluding tert-OH is 1. The fraction of sp³-hybridized carbons (Fsp3) is 1.00. The van der Waals surface area contributed by atoms with Gasteiger partial charge in [-0.15, -0.1) is 12.4 Å². The minimum absolute atomic E-state index is 0. The number of halogens is 1. The lowest BCUT2D eigenvalue weighted by Gasteiger charge is -2.39. The third-order valence-electron chi connectivity index (χ3n) is 1.64. The van der Waals surface area contributed by atoms with Gasteiger partial charge in [-0.1, -0.05) is 0 Å². The molecule has 0 amide bonds. The molecule has 1 aliphatic rings. The van der Waals surface area contributed by atoms with Crippen molar-refractivity contribution in [1.29, 1.82) is 0 Å². The van der Waals surface area contributed by atoms with Crippen molar-refractivity contribution in [1.82, 2.24) is 5.32 Å². The molecule has 1 aliphatic heterocycles. The Hall–Kier alpha value is 0.170. The first kappa shape index (κ1) is 9.17. The van der Waals surface area contributed by atoms with Crippen LogP contribution in [0.5, 0.6) is 0 Å². The Morgan fingerprint density at radius 3 is 2.00 bits per heavy atom. The van der Waals surface area contributed by atoms with Crippen LogP contribution in [0.1, 0.15) is 6.92 Å². The maximum Gasteiger partial charge on any atom is 0.115 e. The molecular weight excluding hydrogens is 142 g/mol. The second kappa shape index (κ2) is 2.84. The minimum Gasteiger partial charge on any atom is -0.390 e. The molecule has 1 unspecified atom stereocenters. The zero-order chi connectivity index (χ0) is 6.20. The van der Waals surface area contributed by atoms with E-state index in [4.69, 9.17) is 5.11 Å². The highest BCUT2D eigenvalue weighted by molar-refractivity contribution is 5.85. The van der Waals surface area contributed by atoms with Crippen molar-refractivity contribution in [2.75, 3.05) is 13.1 Å². The number of β-amino-alcohol motifs (C(OH)–C–C–N with tert-alkyl or cyclic N) is 1. The average molecular weight is 154 g/mol. The van der Waals surface area contributed by atoms with Crippen LogP contribution < -0.4 is 5.32 Å². The maximum atomic E-state index is 9.17. The van der Waals surface area contributed by atoms with Crippen LogP contribution in [-0.4, -0.2) is 35.0 Å². The molecule has 9 heavy (non-hydrogen) atoms. The summed E-state index contributed by atoms with van der Waals surface area (Å²) < 4.78 is 0. The highest BCUT2D eigenvalue weighted by Gasteiger charge is 2.38. The Bertz CT molecular complexity index is 93.0. The highest BCUT2D eigenvalue weighted by Crippen LogP contribution is 2.14. The van der Waals surface area contributed by atoms with Gasteiger partial charge in [0.05, 0.1) is 6.10 Å². The molecule has 0 aromatic heterocycles. The first-order chi connectivity index (χ1) is 3.65. The van der Waals surface area contributed by atoms with E-state index in [9.17, 15) is 5.11 Å². The smallest absolute Gasteiger partial charge is 0.115 e. The number of rotatable bonds is 1. The lowest BCUT2D eigenvalue weighted by molar-refractivity contribution is -0.0985. The zero-order valence-corrected chi connectivity index (χ0v) is 6.11. The first-order valence-electron chi connectivity index (χ1n) is 2.76. The van der Waals surface area contributed by atoms with Crippen LogP contribution in [0.3, 0.4) is 0 Å². The number of aliphatic hydroxyl groups is 2. The Morgan fingerprint density at radius 1 is 1.56 bits per heavy atom. The average Bonchev–Trinajstić information content (AvgIpc) is 1.60. The Kier molecular flexibility index (Phi) is 2.89. The van der Waals surface area contributed by atoms with Crippen molar-refractivity contribution in [3.8, 4) is 0 Å². The number of hydrogen-bond acceptors (Lipinski definition) is 3. The largest absolute Gasteiger partial charge is 0.390 e. The van der Waals surface area contributed by atoms with E-state index < -0.39 is 11.7 Å². The molecule has 3 nitrogen and oxygen atoms in total. The van der Waals surface area contributed by atoms with E-state index in [0.29, 0.717) is 13.1 Å². The van der Waals surface area contributed by atoms with Crippen molar-refractivity contribution >= 4 is 12.4 Å². The molecule has 0 aromatic carbocycles. The van der Waals surface area contributed by atoms with Crippen molar-refractivity contribution in [3.63, 3.8) is 0 Å². The maximum absolute atomic E-state index is 9.17. The lowest BCUT2D eigenvalue weighted by atomic mass is 9.92. The standard InChI is InChI=1S/C5H11NO2.ClH/c1-4(7)5(8)2-6-3-5;/h4,6-8H,2-3H2,1H3;1H. The molecule has 0 aliphatic carbocycles. The fourth-order valence-electron chi connectivity index (χ4n) is 0.677. The van der Waals surface area contributed by atoms with Crippen molar-refractivity contribution in [2.24, 2.45) is 0 Å². The normalized spacial score (nSPS) is 25.7. The Labute approximate surface area is 60.5 Å². The van der Waals surface area contributed by atoms with Crippen LogP contribution in [0.25, 0.3) is 0 Å². The SMILES string of the molecule is CC(O)C1(O)CNC1.Cl. The summed E-state index contributed by atoms with van der Waals surface area (Å²) in [6.07, 6.45) is -0.608. The molecule has 0 saturated carbocycles. The van der Waals surface area contributed by atoms with Gasteiger partial charge in [0, 0.05) is 13.1 Å². The van der Waals surface area contributed by atoms with E-state index in [1.165, 1.54) is 0 Å². The van der Waals surface area contributed by atoms with E-state index in [1.54, 1.807) is 6.92 Å². The third kappa shape index (κ3) is 1.55. The van der Waals surface area contributed by atoms with Crippen LogP contribution in [0, 0.1) is 0 Å². The van der Waals surface area contributed by atoms with E-state index in [2.05, 4.69) is 5.32 Å². The van der Waals surface area contributed by atoms with Gasteiger partial charge in [0.2, 0.25) is 0 Å². The molecule has 1 saturated heterocycles. The summed E-state index contributed by atoms with van der Waals surface area (Å²) in [7, 11) is 0. The lowest BCUT2D eigenvalue weighted by Crippen LogP contribution is -2.65. The predicted octanol–water partition coefficient (Wildman–Crippen LogP) is -0.877. The molecule has 0 aromatic rings. The van der Waals surface area contributed by atoms with Gasteiger partial charge >= 0.3 is 0 Å². The molecule has 56 valence electrons. The van der Waals surface area contributed by atoms with Crippen LogP contribution in [0.4, 0.5) is 0 Å². The van der Waals surface area contributed by atoms with Gasteiger partial charge in [-0.05, 0) is 6.92 Å². The molecule has 1 fully saturated rings. The van der Waals surface area contributed by atoms with E-state index in [-0.39, 0.29) is 12.4 Å². The quantitative estimate of drug-likeness (QED) is 0.459. The topological polar surface area (TPSA) is 52.5 Å². The summed E-state index contributed by atoms with van der Waals surface area (Å²) in [6.45, 7) is 2.64. The summed E-state index contributed by atoms with van der Waals surface area (Å²) >= 11 is 0. The Balaban J connectivity index is 0.000000640. The fourth-order valence-corrected chi connectivity index (χ4v) is 0.677. The molecular formula is C5H12ClNO2. The first-order valence-corrected chi connectivity index (χ1v) is 2.76. The van der Waals surface area contributed by atoms with Crippen molar-refractivity contribution < 1.29 is 10.2 Å². The van der Waals surface area contributed by atoms with Gasteiger partial charge in [0.25, 0.3) is 0 Å². The number of nitrogens with one attached hydrogen (secondary N) is 1. The van der Waals surface area contributed by atoms with Gasteiger partial charge in [-0.2, -0.15) is 0 Å². The van der Waals surface area contributed by atoms with Gasteiger partial charge in [0.15, 0.2) is 0 Å². The van der Waals surface area contributed by atoms with Crippen molar-refractivity contribution in [3.05, 3.63) is 0 Å². The Morgan fingerprint density at radius 2 is 2.00 bits per heavy atom. The molecule has 4 heteroatoms. The molecule has 1 heterocycles. The summed E-state index contributed by atoms with van der Waals surface area (Å²) in [5, 5.41) is 20.9. The summed E-state index contributed by atoms with van der Waals surface area (Å²) in [5.41, 5.74) is -0.833. The molecule has 0 spiro atoms. The van der Waals surface area contributed by atoms with Gasteiger partial charge in [-0.3, -0.25) is 0 Å². The highest BCUT2D eigenvalue weighted by atomic mass is 35.5. The van der Waals surface area contributed by atoms with Gasteiger partial charge in [0.1, 0.15) is 5.60 Å². The van der Waals surface area contributed by atoms with Crippen LogP contribution >= 0.6 is 12.4 Å². The van der Waals surface area contributed by atoms with E-state index in [1.807, 2.05) is 0 Å². The number of hydrogen-bond donors (Lipinski definition) is 3. The van der Waals surface area contributed by atoms with E-state index >= 15 is 0 Å².